The largest absolute Gasteiger partial charge is 0.149 e. The first-order valence-electron chi connectivity index (χ1n) is 6.35. The van der Waals surface area contributed by atoms with Gasteiger partial charge in [0.15, 0.2) is 0 Å². The molecule has 2 heteroatoms. The van der Waals surface area contributed by atoms with Crippen molar-refractivity contribution in [1.29, 1.82) is 0 Å². The molecule has 94 valence electrons. The lowest BCUT2D eigenvalue weighted by Crippen LogP contribution is -2.29. The highest BCUT2D eigenvalue weighted by atomic mass is 35.5. The second kappa shape index (κ2) is 5.87. The highest BCUT2D eigenvalue weighted by molar-refractivity contribution is 7.91. The molecular weight excluding hydrogens is 259 g/mol. The average molecular weight is 278 g/mol. The molecule has 0 saturated heterocycles. The van der Waals surface area contributed by atoms with Crippen molar-refractivity contribution in [3.8, 4) is 0 Å². The van der Waals surface area contributed by atoms with Crippen LogP contribution in [0.4, 0.5) is 0 Å². The van der Waals surface area contributed by atoms with E-state index in [-0.39, 0.29) is 5.12 Å². The summed E-state index contributed by atoms with van der Waals surface area (Å²) in [4.78, 5) is 0. The molecule has 0 amide bonds. The first kappa shape index (κ1) is 13.6. The van der Waals surface area contributed by atoms with Crippen LogP contribution in [0.2, 0.25) is 0 Å². The summed E-state index contributed by atoms with van der Waals surface area (Å²) in [5.74, 6) is 0. The summed E-state index contributed by atoms with van der Waals surface area (Å²) in [5.41, 5.74) is 0. The van der Waals surface area contributed by atoms with E-state index >= 15 is 0 Å². The molecule has 0 nitrogen and oxygen atoms in total. The van der Waals surface area contributed by atoms with Crippen LogP contribution in [0.1, 0.15) is 13.8 Å². The average Bonchev–Trinajstić information content (AvgIpc) is 2.42. The van der Waals surface area contributed by atoms with Crippen molar-refractivity contribution in [3.05, 3.63) is 60.7 Å². The van der Waals surface area contributed by atoms with Gasteiger partial charge >= 0.3 is 0 Å². The molecule has 0 aliphatic heterocycles. The van der Waals surface area contributed by atoms with Gasteiger partial charge in [-0.25, -0.2) is 0 Å². The van der Waals surface area contributed by atoms with Crippen molar-refractivity contribution in [1.82, 2.24) is 0 Å². The Balaban J connectivity index is 2.61. The minimum Gasteiger partial charge on any atom is -0.0780 e. The van der Waals surface area contributed by atoms with Crippen LogP contribution < -0.4 is 10.6 Å². The Hall–Kier alpha value is -0.840. The maximum Gasteiger partial charge on any atom is 0.149 e. The summed E-state index contributed by atoms with van der Waals surface area (Å²) < 4.78 is 0. The number of hydrogen-bond donors (Lipinski definition) is 0. The van der Waals surface area contributed by atoms with Crippen molar-refractivity contribution in [2.75, 3.05) is 6.16 Å². The van der Waals surface area contributed by atoms with E-state index in [1.807, 2.05) is 0 Å². The molecule has 0 radical (unpaired) electrons. The number of hydrogen-bond acceptors (Lipinski definition) is 0. The molecule has 0 unspecified atom stereocenters. The molecule has 0 fully saturated rings. The van der Waals surface area contributed by atoms with E-state index in [9.17, 15) is 0 Å². The summed E-state index contributed by atoms with van der Waals surface area (Å²) >= 11 is 6.62. The standard InChI is InChI=1S/C16H19ClP/c1-3-18(14(2)17,15-10-6-4-7-11-15)16-12-8-5-9-13-16/h4-14H,3H2,1-2H3/q+1/t14-/m1/s1. The van der Waals surface area contributed by atoms with E-state index in [0.29, 0.717) is 0 Å². The number of alkyl halides is 1. The Bertz CT molecular complexity index is 439. The van der Waals surface area contributed by atoms with Crippen LogP contribution in [-0.2, 0) is 0 Å². The highest BCUT2D eigenvalue weighted by Crippen LogP contribution is 2.61. The molecule has 0 N–H and O–H groups in total. The van der Waals surface area contributed by atoms with Gasteiger partial charge < -0.3 is 0 Å². The lowest BCUT2D eigenvalue weighted by molar-refractivity contribution is 1.32. The molecule has 2 aromatic rings. The van der Waals surface area contributed by atoms with Gasteiger partial charge in [-0.05, 0) is 38.1 Å². The smallest absolute Gasteiger partial charge is 0.0780 e. The Morgan fingerprint density at radius 2 is 1.28 bits per heavy atom. The van der Waals surface area contributed by atoms with Crippen LogP contribution in [0.25, 0.3) is 0 Å². The van der Waals surface area contributed by atoms with Crippen molar-refractivity contribution in [2.24, 2.45) is 0 Å². The SMILES string of the molecule is CC[P+](c1ccccc1)(c1ccccc1)[C@H](C)Cl. The maximum atomic E-state index is 6.62. The van der Waals surface area contributed by atoms with Crippen molar-refractivity contribution < 1.29 is 0 Å². The van der Waals surface area contributed by atoms with Gasteiger partial charge in [0.25, 0.3) is 0 Å². The van der Waals surface area contributed by atoms with Crippen LogP contribution in [-0.4, -0.2) is 11.3 Å². The predicted molar refractivity (Wildman–Crippen MR) is 84.9 cm³/mol. The first-order valence-corrected chi connectivity index (χ1v) is 8.83. The molecule has 0 aliphatic rings. The van der Waals surface area contributed by atoms with Gasteiger partial charge in [0, 0.05) is 0 Å². The minimum absolute atomic E-state index is 0.160. The van der Waals surface area contributed by atoms with Gasteiger partial charge in [-0.15, -0.1) is 0 Å². The Morgan fingerprint density at radius 3 is 1.56 bits per heavy atom. The van der Waals surface area contributed by atoms with E-state index in [2.05, 4.69) is 74.5 Å². The van der Waals surface area contributed by atoms with Gasteiger partial charge in [0.1, 0.15) is 15.7 Å². The van der Waals surface area contributed by atoms with E-state index < -0.39 is 7.26 Å². The van der Waals surface area contributed by atoms with Gasteiger partial charge in [-0.2, -0.15) is 0 Å². The molecule has 1 atom stereocenters. The molecule has 2 rings (SSSR count). The summed E-state index contributed by atoms with van der Waals surface area (Å²) in [5, 5.41) is 2.97. The zero-order chi connectivity index (χ0) is 13.0. The zero-order valence-electron chi connectivity index (χ0n) is 10.9. The summed E-state index contributed by atoms with van der Waals surface area (Å²) in [6.07, 6.45) is 1.10. The molecule has 0 aliphatic carbocycles. The fraction of sp³-hybridized carbons (Fsp3) is 0.250. The van der Waals surface area contributed by atoms with Crippen molar-refractivity contribution >= 4 is 29.5 Å². The lowest BCUT2D eigenvalue weighted by Gasteiger charge is -2.28. The topological polar surface area (TPSA) is 0 Å². The van der Waals surface area contributed by atoms with Crippen LogP contribution >= 0.6 is 18.9 Å². The molecule has 0 heterocycles. The second-order valence-electron chi connectivity index (χ2n) is 4.43. The van der Waals surface area contributed by atoms with Crippen LogP contribution in [0.5, 0.6) is 0 Å². The Morgan fingerprint density at radius 1 is 0.889 bits per heavy atom. The summed E-state index contributed by atoms with van der Waals surface area (Å²) in [7, 11) is -1.49. The van der Waals surface area contributed by atoms with Gasteiger partial charge in [-0.1, -0.05) is 48.0 Å². The van der Waals surface area contributed by atoms with Gasteiger partial charge in [0.2, 0.25) is 0 Å². The zero-order valence-corrected chi connectivity index (χ0v) is 12.5. The van der Waals surface area contributed by atoms with Crippen molar-refractivity contribution in [2.45, 2.75) is 19.0 Å². The molecular formula is C16H19ClP+. The first-order chi connectivity index (χ1) is 8.71. The van der Waals surface area contributed by atoms with Crippen LogP contribution in [0.3, 0.4) is 0 Å². The van der Waals surface area contributed by atoms with Crippen molar-refractivity contribution in [3.63, 3.8) is 0 Å². The number of rotatable bonds is 4. The lowest BCUT2D eigenvalue weighted by atomic mass is 10.4. The second-order valence-corrected chi connectivity index (χ2v) is 9.57. The summed E-state index contributed by atoms with van der Waals surface area (Å²) in [6, 6.07) is 21.5. The maximum absolute atomic E-state index is 6.62. The molecule has 0 bridgehead atoms. The van der Waals surface area contributed by atoms with Crippen LogP contribution in [0, 0.1) is 0 Å². The number of benzene rings is 2. The molecule has 0 saturated carbocycles. The molecule has 0 spiro atoms. The van der Waals surface area contributed by atoms with E-state index in [1.54, 1.807) is 0 Å². The van der Waals surface area contributed by atoms with Gasteiger partial charge in [0.05, 0.1) is 13.4 Å². The highest BCUT2D eigenvalue weighted by Gasteiger charge is 2.45. The Kier molecular flexibility index (Phi) is 4.43. The van der Waals surface area contributed by atoms with E-state index in [0.717, 1.165) is 6.16 Å². The van der Waals surface area contributed by atoms with Crippen LogP contribution in [0.15, 0.2) is 60.7 Å². The Labute approximate surface area is 115 Å². The molecule has 2 aromatic carbocycles. The predicted octanol–water partition coefficient (Wildman–Crippen LogP) is 4.26. The monoisotopic (exact) mass is 277 g/mol. The fourth-order valence-electron chi connectivity index (χ4n) is 2.56. The third kappa shape index (κ3) is 2.32. The molecule has 18 heavy (non-hydrogen) atoms. The number of halogens is 1. The van der Waals surface area contributed by atoms with E-state index in [1.165, 1.54) is 10.6 Å². The third-order valence-corrected chi connectivity index (χ3v) is 9.19. The minimum atomic E-state index is -1.49. The quantitative estimate of drug-likeness (QED) is 0.579. The van der Waals surface area contributed by atoms with Gasteiger partial charge in [-0.3, -0.25) is 0 Å². The van der Waals surface area contributed by atoms with E-state index in [4.69, 9.17) is 11.6 Å². The third-order valence-electron chi connectivity index (χ3n) is 3.54. The fourth-order valence-corrected chi connectivity index (χ4v) is 7.42. The normalized spacial score (nSPS) is 13.3. The summed E-state index contributed by atoms with van der Waals surface area (Å²) in [6.45, 7) is 4.39. The molecule has 0 aromatic heterocycles.